The molecule has 0 saturated carbocycles. The molecule has 110 valence electrons. The van der Waals surface area contributed by atoms with Crippen molar-refractivity contribution in [3.63, 3.8) is 0 Å². The summed E-state index contributed by atoms with van der Waals surface area (Å²) >= 11 is 0. The van der Waals surface area contributed by atoms with Crippen LogP contribution in [-0.4, -0.2) is 41.5 Å². The van der Waals surface area contributed by atoms with Crippen molar-refractivity contribution in [2.24, 2.45) is 0 Å². The number of rotatable bonds is 2. The number of phenolic OH excluding ortho intramolecular Hbond substituents is 7. The van der Waals surface area contributed by atoms with E-state index in [1.165, 1.54) is 0 Å². The molecular weight excluding hydrogens is 284 g/mol. The molecule has 0 fully saturated rings. The van der Waals surface area contributed by atoms with Crippen molar-refractivity contribution in [2.45, 2.75) is 0 Å². The van der Waals surface area contributed by atoms with E-state index in [9.17, 15) is 40.5 Å². The summed E-state index contributed by atoms with van der Waals surface area (Å²) in [6, 6.07) is 2.18. The quantitative estimate of drug-likeness (QED) is 0.244. The van der Waals surface area contributed by atoms with Gasteiger partial charge in [0.05, 0.1) is 5.56 Å². The maximum atomic E-state index is 12.2. The zero-order valence-corrected chi connectivity index (χ0v) is 10.3. The molecule has 0 atom stereocenters. The molecule has 7 N–H and O–H groups in total. The van der Waals surface area contributed by atoms with Gasteiger partial charge in [-0.15, -0.1) is 0 Å². The summed E-state index contributed by atoms with van der Waals surface area (Å²) in [5.74, 6) is -7.29. The van der Waals surface area contributed by atoms with Crippen LogP contribution in [-0.2, 0) is 0 Å². The van der Waals surface area contributed by atoms with Crippen LogP contribution in [0, 0.1) is 0 Å². The first kappa shape index (κ1) is 14.1. The summed E-state index contributed by atoms with van der Waals surface area (Å²) in [5, 5.41) is 66.0. The minimum atomic E-state index is -1.19. The van der Waals surface area contributed by atoms with Crippen LogP contribution in [0.15, 0.2) is 18.2 Å². The first-order chi connectivity index (χ1) is 9.73. The molecule has 0 amide bonds. The van der Waals surface area contributed by atoms with Crippen molar-refractivity contribution in [2.75, 3.05) is 0 Å². The number of hydrogen-bond acceptors (Lipinski definition) is 8. The van der Waals surface area contributed by atoms with Gasteiger partial charge in [-0.3, -0.25) is 4.79 Å². The van der Waals surface area contributed by atoms with E-state index < -0.39 is 57.2 Å². The number of ketones is 1. The lowest BCUT2D eigenvalue weighted by atomic mass is 9.99. The zero-order chi connectivity index (χ0) is 15.9. The van der Waals surface area contributed by atoms with Gasteiger partial charge in [0, 0.05) is 12.1 Å². The number of carbonyl (C=O) groups excluding carboxylic acids is 1. The average Bonchev–Trinajstić information content (AvgIpc) is 2.40. The van der Waals surface area contributed by atoms with Gasteiger partial charge < -0.3 is 35.7 Å². The normalized spacial score (nSPS) is 10.5. The lowest BCUT2D eigenvalue weighted by Crippen LogP contribution is -2.03. The first-order valence-corrected chi connectivity index (χ1v) is 5.50. The summed E-state index contributed by atoms with van der Waals surface area (Å²) in [6.45, 7) is 0. The molecule has 0 aliphatic heterocycles. The maximum absolute atomic E-state index is 12.2. The van der Waals surface area contributed by atoms with E-state index >= 15 is 0 Å². The van der Waals surface area contributed by atoms with Crippen LogP contribution in [0.4, 0.5) is 0 Å². The summed E-state index contributed by atoms with van der Waals surface area (Å²) in [7, 11) is 0. The number of aromatic hydroxyl groups is 7. The molecule has 2 aromatic rings. The van der Waals surface area contributed by atoms with E-state index in [1.807, 2.05) is 0 Å². The van der Waals surface area contributed by atoms with Crippen molar-refractivity contribution in [3.8, 4) is 40.2 Å². The van der Waals surface area contributed by atoms with Gasteiger partial charge in [-0.05, 0) is 6.07 Å². The van der Waals surface area contributed by atoms with Crippen LogP contribution in [0.5, 0.6) is 40.2 Å². The molecule has 2 rings (SSSR count). The van der Waals surface area contributed by atoms with Gasteiger partial charge in [0.1, 0.15) is 17.1 Å². The molecule has 0 saturated heterocycles. The van der Waals surface area contributed by atoms with Gasteiger partial charge in [0.2, 0.25) is 11.5 Å². The van der Waals surface area contributed by atoms with Gasteiger partial charge >= 0.3 is 0 Å². The third kappa shape index (κ3) is 2.18. The Hall–Kier alpha value is -3.29. The molecule has 21 heavy (non-hydrogen) atoms. The standard InChI is InChI=1S/C13H10O8/c14-4-1-5(10(18)7(16)2-4)11(19)9-6(15)3-8(17)12(20)13(9)21/h1-3,14-18,20-21H. The summed E-state index contributed by atoms with van der Waals surface area (Å²) in [6.07, 6.45) is 0. The predicted molar refractivity (Wildman–Crippen MR) is 68.0 cm³/mol. The molecular formula is C13H10O8. The lowest BCUT2D eigenvalue weighted by molar-refractivity contribution is 0.102. The fourth-order valence-electron chi connectivity index (χ4n) is 1.77. The van der Waals surface area contributed by atoms with Crippen molar-refractivity contribution in [1.82, 2.24) is 0 Å². The third-order valence-corrected chi connectivity index (χ3v) is 2.78. The highest BCUT2D eigenvalue weighted by Crippen LogP contribution is 2.45. The van der Waals surface area contributed by atoms with Gasteiger partial charge in [0.25, 0.3) is 0 Å². The monoisotopic (exact) mass is 294 g/mol. The fraction of sp³-hybridized carbons (Fsp3) is 0. The molecule has 0 bridgehead atoms. The maximum Gasteiger partial charge on any atom is 0.204 e. The van der Waals surface area contributed by atoms with Crippen LogP contribution in [0.25, 0.3) is 0 Å². The Morgan fingerprint density at radius 1 is 0.667 bits per heavy atom. The van der Waals surface area contributed by atoms with Gasteiger partial charge in [-0.2, -0.15) is 0 Å². The Labute approximate surface area is 117 Å². The average molecular weight is 294 g/mol. The van der Waals surface area contributed by atoms with Crippen LogP contribution in [0.2, 0.25) is 0 Å². The second-order valence-corrected chi connectivity index (χ2v) is 4.18. The Kier molecular flexibility index (Phi) is 3.14. The van der Waals surface area contributed by atoms with E-state index in [0.717, 1.165) is 12.1 Å². The first-order valence-electron chi connectivity index (χ1n) is 5.50. The SMILES string of the molecule is O=C(c1cc(O)cc(O)c1O)c1c(O)cc(O)c(O)c1O. The summed E-state index contributed by atoms with van der Waals surface area (Å²) < 4.78 is 0. The summed E-state index contributed by atoms with van der Waals surface area (Å²) in [5.41, 5.74) is -1.44. The molecule has 8 nitrogen and oxygen atoms in total. The highest BCUT2D eigenvalue weighted by Gasteiger charge is 2.26. The molecule has 0 aliphatic rings. The topological polar surface area (TPSA) is 159 Å². The van der Waals surface area contributed by atoms with Crippen molar-refractivity contribution >= 4 is 5.78 Å². The number of benzene rings is 2. The number of carbonyl (C=O) groups is 1. The smallest absolute Gasteiger partial charge is 0.204 e. The number of hydrogen-bond donors (Lipinski definition) is 7. The Bertz CT molecular complexity index is 751. The van der Waals surface area contributed by atoms with Crippen LogP contribution < -0.4 is 0 Å². The van der Waals surface area contributed by atoms with E-state index in [4.69, 9.17) is 0 Å². The fourth-order valence-corrected chi connectivity index (χ4v) is 1.77. The third-order valence-electron chi connectivity index (χ3n) is 2.78. The Balaban J connectivity index is 2.70. The predicted octanol–water partition coefficient (Wildman–Crippen LogP) is 0.857. The second kappa shape index (κ2) is 4.67. The molecule has 2 aromatic carbocycles. The Morgan fingerprint density at radius 3 is 1.86 bits per heavy atom. The van der Waals surface area contributed by atoms with Gasteiger partial charge in [0.15, 0.2) is 23.0 Å². The molecule has 0 heterocycles. The van der Waals surface area contributed by atoms with E-state index in [-0.39, 0.29) is 0 Å². The van der Waals surface area contributed by atoms with Crippen LogP contribution in [0.3, 0.4) is 0 Å². The summed E-state index contributed by atoms with van der Waals surface area (Å²) in [4.78, 5) is 12.2. The van der Waals surface area contributed by atoms with Crippen molar-refractivity contribution in [3.05, 3.63) is 29.3 Å². The van der Waals surface area contributed by atoms with Crippen LogP contribution >= 0.6 is 0 Å². The number of phenols is 7. The van der Waals surface area contributed by atoms with E-state index in [2.05, 4.69) is 0 Å². The molecule has 0 unspecified atom stereocenters. The lowest BCUT2D eigenvalue weighted by Gasteiger charge is -2.11. The highest BCUT2D eigenvalue weighted by molar-refractivity contribution is 6.15. The Morgan fingerprint density at radius 2 is 1.24 bits per heavy atom. The molecule has 0 radical (unpaired) electrons. The molecule has 8 heteroatoms. The van der Waals surface area contributed by atoms with Crippen LogP contribution in [0.1, 0.15) is 15.9 Å². The minimum Gasteiger partial charge on any atom is -0.508 e. The zero-order valence-electron chi connectivity index (χ0n) is 10.3. The largest absolute Gasteiger partial charge is 0.508 e. The highest BCUT2D eigenvalue weighted by atomic mass is 16.3. The van der Waals surface area contributed by atoms with Crippen molar-refractivity contribution < 1.29 is 40.5 Å². The molecule has 0 spiro atoms. The van der Waals surface area contributed by atoms with Gasteiger partial charge in [-0.25, -0.2) is 0 Å². The molecule has 0 aliphatic carbocycles. The second-order valence-electron chi connectivity index (χ2n) is 4.18. The molecule has 0 aromatic heterocycles. The van der Waals surface area contributed by atoms with Gasteiger partial charge in [-0.1, -0.05) is 0 Å². The van der Waals surface area contributed by atoms with Crippen molar-refractivity contribution in [1.29, 1.82) is 0 Å². The van der Waals surface area contributed by atoms with E-state index in [1.54, 1.807) is 0 Å². The van der Waals surface area contributed by atoms with E-state index in [0.29, 0.717) is 6.07 Å². The minimum absolute atomic E-state index is 0.546.